The van der Waals surface area contributed by atoms with Crippen molar-refractivity contribution in [1.29, 1.82) is 0 Å². The highest BCUT2D eigenvalue weighted by Gasteiger charge is 2.73. The summed E-state index contributed by atoms with van der Waals surface area (Å²) in [5.74, 6) is 0.156. The van der Waals surface area contributed by atoms with Gasteiger partial charge in [0.2, 0.25) is 0 Å². The zero-order chi connectivity index (χ0) is 17.6. The van der Waals surface area contributed by atoms with Gasteiger partial charge in [-0.3, -0.25) is 0 Å². The van der Waals surface area contributed by atoms with E-state index in [1.54, 1.807) is 18.2 Å². The number of carbonyl (C=O) groups excluding carboxylic acids is 1. The van der Waals surface area contributed by atoms with Crippen LogP contribution in [0.15, 0.2) is 47.3 Å². The fourth-order valence-electron chi connectivity index (χ4n) is 4.14. The number of fused-ring (bicyclic) bond motifs is 1. The maximum Gasteiger partial charge on any atom is 0.343 e. The van der Waals surface area contributed by atoms with Crippen LogP contribution in [0.3, 0.4) is 0 Å². The molecule has 0 amide bonds. The Morgan fingerprint density at radius 1 is 1.33 bits per heavy atom. The van der Waals surface area contributed by atoms with Crippen LogP contribution in [0.4, 0.5) is 0 Å². The lowest BCUT2D eigenvalue weighted by Gasteiger charge is -2.36. The molecule has 0 aromatic rings. The van der Waals surface area contributed by atoms with Gasteiger partial charge in [0, 0.05) is 5.41 Å². The van der Waals surface area contributed by atoms with Gasteiger partial charge in [-0.2, -0.15) is 0 Å². The van der Waals surface area contributed by atoms with Crippen molar-refractivity contribution in [1.82, 2.24) is 0 Å². The van der Waals surface area contributed by atoms with E-state index in [9.17, 15) is 4.79 Å². The third-order valence-electron chi connectivity index (χ3n) is 5.62. The van der Waals surface area contributed by atoms with Crippen molar-refractivity contribution in [2.45, 2.75) is 58.2 Å². The first-order valence-electron chi connectivity index (χ1n) is 8.56. The summed E-state index contributed by atoms with van der Waals surface area (Å²) in [4.78, 5) is 12.1. The highest BCUT2D eigenvalue weighted by Crippen LogP contribution is 2.66. The van der Waals surface area contributed by atoms with Crippen LogP contribution >= 0.6 is 0 Å². The zero-order valence-corrected chi connectivity index (χ0v) is 14.9. The maximum atomic E-state index is 12.1. The molecule has 0 aromatic heterocycles. The van der Waals surface area contributed by atoms with Crippen molar-refractivity contribution in [3.05, 3.63) is 47.3 Å². The molecule has 0 aromatic carbocycles. The van der Waals surface area contributed by atoms with Gasteiger partial charge >= 0.3 is 5.97 Å². The van der Waals surface area contributed by atoms with E-state index in [0.29, 0.717) is 11.3 Å². The molecular weight excluding hydrogens is 304 g/mol. The normalized spacial score (nSPS) is 36.7. The minimum atomic E-state index is -0.346. The lowest BCUT2D eigenvalue weighted by atomic mass is 9.64. The molecule has 2 unspecified atom stereocenters. The fraction of sp³-hybridized carbons (Fsp3) is 0.550. The molecule has 1 N–H and O–H groups in total. The quantitative estimate of drug-likeness (QED) is 0.632. The molecule has 0 radical (unpaired) electrons. The Morgan fingerprint density at radius 2 is 2.08 bits per heavy atom. The third-order valence-corrected chi connectivity index (χ3v) is 5.62. The number of aliphatic hydroxyl groups excluding tert-OH is 1. The van der Waals surface area contributed by atoms with Crippen molar-refractivity contribution < 1.29 is 19.4 Å². The lowest BCUT2D eigenvalue weighted by Crippen LogP contribution is -2.41. The summed E-state index contributed by atoms with van der Waals surface area (Å²) < 4.78 is 11.4. The molecule has 0 spiro atoms. The number of cyclic esters (lactones) is 1. The molecule has 2 atom stereocenters. The Balaban J connectivity index is 1.82. The van der Waals surface area contributed by atoms with Crippen LogP contribution in [0.5, 0.6) is 0 Å². The predicted octanol–water partition coefficient (Wildman–Crippen LogP) is 3.59. The van der Waals surface area contributed by atoms with Crippen molar-refractivity contribution >= 4 is 5.97 Å². The van der Waals surface area contributed by atoms with Crippen LogP contribution in [-0.2, 0) is 14.3 Å². The van der Waals surface area contributed by atoms with Gasteiger partial charge in [0.25, 0.3) is 0 Å². The Hall–Kier alpha value is -1.65. The van der Waals surface area contributed by atoms with E-state index >= 15 is 0 Å². The highest BCUT2D eigenvalue weighted by molar-refractivity contribution is 5.95. The van der Waals surface area contributed by atoms with E-state index < -0.39 is 0 Å². The molecule has 24 heavy (non-hydrogen) atoms. The molecule has 3 aliphatic rings. The summed E-state index contributed by atoms with van der Waals surface area (Å²) in [5.41, 5.74) is 1.03. The molecule has 4 heteroatoms. The smallest absolute Gasteiger partial charge is 0.343 e. The largest absolute Gasteiger partial charge is 0.423 e. The summed E-state index contributed by atoms with van der Waals surface area (Å²) in [6.07, 6.45) is 12.4. The second-order valence-corrected chi connectivity index (χ2v) is 7.81. The minimum absolute atomic E-state index is 0.0342. The average Bonchev–Trinajstić information content (AvgIpc) is 2.97. The van der Waals surface area contributed by atoms with Gasteiger partial charge in [-0.05, 0) is 63.0 Å². The molecule has 130 valence electrons. The number of hydrogen-bond donors (Lipinski definition) is 1. The monoisotopic (exact) mass is 330 g/mol. The van der Waals surface area contributed by atoms with E-state index in [1.807, 2.05) is 13.0 Å². The van der Waals surface area contributed by atoms with Gasteiger partial charge in [0.05, 0.1) is 17.8 Å². The fourth-order valence-corrected chi connectivity index (χ4v) is 4.14. The summed E-state index contributed by atoms with van der Waals surface area (Å²) >= 11 is 0. The Morgan fingerprint density at radius 3 is 2.75 bits per heavy atom. The van der Waals surface area contributed by atoms with Crippen molar-refractivity contribution in [2.75, 3.05) is 6.61 Å². The number of esters is 1. The van der Waals surface area contributed by atoms with Gasteiger partial charge in [0.15, 0.2) is 0 Å². The predicted molar refractivity (Wildman–Crippen MR) is 92.1 cm³/mol. The number of aliphatic hydroxyl groups is 1. The van der Waals surface area contributed by atoms with E-state index in [-0.39, 0.29) is 29.2 Å². The lowest BCUT2D eigenvalue weighted by molar-refractivity contribution is -0.132. The standard InChI is InChI=1S/C20H26O4/c1-14(7-11-21)12-16-13-15(17(22)23-16)6-10-20-18(2,3)8-5-9-19(20,4)24-20/h6-7,10,12-13,21H,5,8-9,11H2,1-4H3/b10-6+,14-7+,16-12+. The first-order valence-corrected chi connectivity index (χ1v) is 8.56. The molecule has 1 aliphatic carbocycles. The van der Waals surface area contributed by atoms with Crippen LogP contribution < -0.4 is 0 Å². The van der Waals surface area contributed by atoms with Crippen LogP contribution in [0.25, 0.3) is 0 Å². The summed E-state index contributed by atoms with van der Waals surface area (Å²) in [6.45, 7) is 8.45. The van der Waals surface area contributed by atoms with Crippen LogP contribution in [0, 0.1) is 5.41 Å². The second-order valence-electron chi connectivity index (χ2n) is 7.81. The van der Waals surface area contributed by atoms with Gasteiger partial charge in [0.1, 0.15) is 11.4 Å². The first-order chi connectivity index (χ1) is 11.2. The topological polar surface area (TPSA) is 59.1 Å². The van der Waals surface area contributed by atoms with Crippen LogP contribution in [0.2, 0.25) is 0 Å². The van der Waals surface area contributed by atoms with E-state index in [0.717, 1.165) is 18.4 Å². The number of hydrogen-bond acceptors (Lipinski definition) is 4. The summed E-state index contributed by atoms with van der Waals surface area (Å²) in [6, 6.07) is 0. The van der Waals surface area contributed by atoms with Gasteiger partial charge in [-0.15, -0.1) is 0 Å². The Kier molecular flexibility index (Phi) is 4.09. The van der Waals surface area contributed by atoms with Crippen molar-refractivity contribution in [2.24, 2.45) is 5.41 Å². The van der Waals surface area contributed by atoms with Crippen LogP contribution in [-0.4, -0.2) is 28.9 Å². The number of epoxide rings is 1. The molecule has 4 nitrogen and oxygen atoms in total. The number of rotatable bonds is 4. The Labute approximate surface area is 143 Å². The second kappa shape index (κ2) is 5.71. The number of allylic oxidation sites excluding steroid dienone is 3. The zero-order valence-electron chi connectivity index (χ0n) is 14.9. The average molecular weight is 330 g/mol. The molecular formula is C20H26O4. The molecule has 1 saturated carbocycles. The van der Waals surface area contributed by atoms with E-state index in [4.69, 9.17) is 14.6 Å². The van der Waals surface area contributed by atoms with Crippen molar-refractivity contribution in [3.63, 3.8) is 0 Å². The maximum absolute atomic E-state index is 12.1. The molecule has 1 saturated heterocycles. The minimum Gasteiger partial charge on any atom is -0.423 e. The SMILES string of the molecule is CC(=C\CO)/C=C1C=C(/C=C/C23OC2(C)CCCC3(C)C)C(=O)O\1. The van der Waals surface area contributed by atoms with E-state index in [2.05, 4.69) is 26.8 Å². The number of ether oxygens (including phenoxy) is 2. The van der Waals surface area contributed by atoms with Gasteiger partial charge in [-0.1, -0.05) is 19.9 Å². The van der Waals surface area contributed by atoms with Crippen LogP contribution in [0.1, 0.15) is 47.0 Å². The molecule has 2 heterocycles. The van der Waals surface area contributed by atoms with Gasteiger partial charge in [-0.25, -0.2) is 4.79 Å². The Bertz CT molecular complexity index is 680. The molecule has 0 bridgehead atoms. The summed E-state index contributed by atoms with van der Waals surface area (Å²) in [7, 11) is 0. The molecule has 2 aliphatic heterocycles. The molecule has 2 fully saturated rings. The highest BCUT2D eigenvalue weighted by atomic mass is 16.6. The van der Waals surface area contributed by atoms with Crippen molar-refractivity contribution in [3.8, 4) is 0 Å². The first kappa shape index (κ1) is 17.2. The summed E-state index contributed by atoms with van der Waals surface area (Å²) in [5, 5.41) is 8.90. The van der Waals surface area contributed by atoms with E-state index in [1.165, 1.54) is 6.42 Å². The van der Waals surface area contributed by atoms with Gasteiger partial charge < -0.3 is 14.6 Å². The third kappa shape index (κ3) is 2.68. The molecule has 3 rings (SSSR count). The number of carbonyl (C=O) groups is 1.